The predicted octanol–water partition coefficient (Wildman–Crippen LogP) is 3.12. The number of thiophene rings is 1. The van der Waals surface area contributed by atoms with E-state index in [0.29, 0.717) is 10.6 Å². The number of nitrogens with zero attached hydrogens (tertiary/aromatic N) is 2. The first-order valence-electron chi connectivity index (χ1n) is 7.57. The number of nitrogens with one attached hydrogen (secondary N) is 2. The number of carbonyl (C=O) groups is 2. The highest BCUT2D eigenvalue weighted by molar-refractivity contribution is 9.11. The molecule has 0 saturated carbocycles. The number of halogens is 1. The van der Waals surface area contributed by atoms with Crippen LogP contribution in [0.2, 0.25) is 0 Å². The maximum Gasteiger partial charge on any atom is 0.261 e. The molecule has 0 spiro atoms. The van der Waals surface area contributed by atoms with Gasteiger partial charge in [-0.1, -0.05) is 0 Å². The van der Waals surface area contributed by atoms with Crippen molar-refractivity contribution < 1.29 is 9.59 Å². The molecule has 0 radical (unpaired) electrons. The second kappa shape index (κ2) is 8.79. The number of anilines is 2. The van der Waals surface area contributed by atoms with E-state index in [9.17, 15) is 9.59 Å². The van der Waals surface area contributed by atoms with Crippen molar-refractivity contribution in [3.05, 3.63) is 39.1 Å². The van der Waals surface area contributed by atoms with E-state index < -0.39 is 0 Å². The fraction of sp³-hybridized carbons (Fsp3) is 0.312. The molecular weight excluding hydrogens is 392 g/mol. The highest BCUT2D eigenvalue weighted by Gasteiger charge is 2.11. The zero-order chi connectivity index (χ0) is 17.5. The lowest BCUT2D eigenvalue weighted by Gasteiger charge is -2.19. The van der Waals surface area contributed by atoms with Crippen molar-refractivity contribution in [1.82, 2.24) is 10.3 Å². The Bertz CT molecular complexity index is 698. The molecule has 0 aliphatic carbocycles. The number of aromatic nitrogens is 1. The summed E-state index contributed by atoms with van der Waals surface area (Å²) in [5, 5.41) is 5.31. The van der Waals surface area contributed by atoms with Gasteiger partial charge in [0.05, 0.1) is 27.1 Å². The summed E-state index contributed by atoms with van der Waals surface area (Å²) in [6.45, 7) is 5.79. The van der Waals surface area contributed by atoms with E-state index in [1.807, 2.05) is 6.07 Å². The van der Waals surface area contributed by atoms with Crippen molar-refractivity contribution in [3.63, 3.8) is 0 Å². The van der Waals surface area contributed by atoms with Crippen LogP contribution < -0.4 is 15.5 Å². The molecule has 128 valence electrons. The van der Waals surface area contributed by atoms with Crippen LogP contribution in [0.5, 0.6) is 0 Å². The highest BCUT2D eigenvalue weighted by atomic mass is 79.9. The van der Waals surface area contributed by atoms with Crippen LogP contribution in [0.3, 0.4) is 0 Å². The predicted molar refractivity (Wildman–Crippen MR) is 101 cm³/mol. The van der Waals surface area contributed by atoms with Crippen molar-refractivity contribution in [2.75, 3.05) is 29.9 Å². The summed E-state index contributed by atoms with van der Waals surface area (Å²) in [5.41, 5.74) is 0.601. The van der Waals surface area contributed by atoms with E-state index in [1.165, 1.54) is 11.3 Å². The van der Waals surface area contributed by atoms with Gasteiger partial charge in [-0.25, -0.2) is 4.98 Å². The molecule has 2 aromatic rings. The quantitative estimate of drug-likeness (QED) is 0.734. The molecule has 6 nitrogen and oxygen atoms in total. The van der Waals surface area contributed by atoms with E-state index >= 15 is 0 Å². The molecule has 8 heteroatoms. The average molecular weight is 411 g/mol. The Morgan fingerprint density at radius 2 is 1.96 bits per heavy atom. The maximum absolute atomic E-state index is 11.9. The molecule has 0 unspecified atom stereocenters. The molecule has 0 aromatic carbocycles. The fourth-order valence-corrected chi connectivity index (χ4v) is 3.39. The molecule has 0 atom stereocenters. The molecule has 0 aliphatic rings. The van der Waals surface area contributed by atoms with Crippen molar-refractivity contribution in [3.8, 4) is 0 Å². The lowest BCUT2D eigenvalue weighted by molar-refractivity contribution is -0.115. The Morgan fingerprint density at radius 3 is 2.50 bits per heavy atom. The average Bonchev–Trinajstić information content (AvgIpc) is 3.02. The number of pyridine rings is 1. The Hall–Kier alpha value is -1.93. The van der Waals surface area contributed by atoms with E-state index in [0.717, 1.165) is 22.7 Å². The lowest BCUT2D eigenvalue weighted by atomic mass is 10.3. The van der Waals surface area contributed by atoms with Crippen LogP contribution in [0.1, 0.15) is 23.5 Å². The largest absolute Gasteiger partial charge is 0.357 e. The molecule has 2 heterocycles. The second-order valence-electron chi connectivity index (χ2n) is 4.91. The third-order valence-corrected chi connectivity index (χ3v) is 4.95. The van der Waals surface area contributed by atoms with Gasteiger partial charge in [0.2, 0.25) is 5.91 Å². The van der Waals surface area contributed by atoms with Gasteiger partial charge < -0.3 is 15.5 Å². The number of hydrogen-bond donors (Lipinski definition) is 2. The minimum atomic E-state index is -0.295. The van der Waals surface area contributed by atoms with Gasteiger partial charge in [-0.2, -0.15) is 0 Å². The van der Waals surface area contributed by atoms with Gasteiger partial charge in [-0.15, -0.1) is 11.3 Å². The first kappa shape index (κ1) is 18.4. The lowest BCUT2D eigenvalue weighted by Crippen LogP contribution is -2.32. The number of amides is 2. The summed E-state index contributed by atoms with van der Waals surface area (Å²) in [6.07, 6.45) is 1.61. The summed E-state index contributed by atoms with van der Waals surface area (Å²) in [4.78, 5) is 30.8. The Morgan fingerprint density at radius 1 is 1.21 bits per heavy atom. The van der Waals surface area contributed by atoms with Crippen molar-refractivity contribution in [1.29, 1.82) is 0 Å². The van der Waals surface area contributed by atoms with E-state index in [-0.39, 0.29) is 18.4 Å². The van der Waals surface area contributed by atoms with E-state index in [1.54, 1.807) is 24.4 Å². The molecule has 0 aliphatic heterocycles. The number of hydrogen-bond acceptors (Lipinski definition) is 5. The van der Waals surface area contributed by atoms with Crippen molar-refractivity contribution in [2.24, 2.45) is 0 Å². The molecule has 0 saturated heterocycles. The maximum atomic E-state index is 11.9. The van der Waals surface area contributed by atoms with Crippen LogP contribution in [0.4, 0.5) is 11.5 Å². The third-order valence-electron chi connectivity index (χ3n) is 3.33. The summed E-state index contributed by atoms with van der Waals surface area (Å²) in [7, 11) is 0. The molecule has 2 N–H and O–H groups in total. The summed E-state index contributed by atoms with van der Waals surface area (Å²) >= 11 is 4.62. The van der Waals surface area contributed by atoms with Gasteiger partial charge in [0.25, 0.3) is 5.91 Å². The standard InChI is InChI=1S/C16H19BrN4O2S/c1-3-21(4-2)14-8-5-11(9-18-14)20-15(22)10-19-16(23)12-6-7-13(17)24-12/h5-9H,3-4,10H2,1-2H3,(H,19,23)(H,20,22). The van der Waals surface area contributed by atoms with Crippen LogP contribution in [0, 0.1) is 0 Å². The van der Waals surface area contributed by atoms with Crippen LogP contribution in [0.15, 0.2) is 34.2 Å². The SMILES string of the molecule is CCN(CC)c1ccc(NC(=O)CNC(=O)c2ccc(Br)s2)cn1. The Kier molecular flexibility index (Phi) is 6.74. The normalized spacial score (nSPS) is 10.3. The van der Waals surface area contributed by atoms with Crippen molar-refractivity contribution in [2.45, 2.75) is 13.8 Å². The summed E-state index contributed by atoms with van der Waals surface area (Å²) in [5.74, 6) is 0.307. The first-order chi connectivity index (χ1) is 11.5. The Labute approximate surface area is 153 Å². The molecule has 24 heavy (non-hydrogen) atoms. The number of rotatable bonds is 7. The zero-order valence-electron chi connectivity index (χ0n) is 13.5. The molecule has 2 amide bonds. The van der Waals surface area contributed by atoms with E-state index in [4.69, 9.17) is 0 Å². The van der Waals surface area contributed by atoms with Gasteiger partial charge in [-0.05, 0) is 54.0 Å². The summed E-state index contributed by atoms with van der Waals surface area (Å²) < 4.78 is 0.872. The second-order valence-corrected chi connectivity index (χ2v) is 7.37. The van der Waals surface area contributed by atoms with Crippen LogP contribution in [0.25, 0.3) is 0 Å². The van der Waals surface area contributed by atoms with Gasteiger partial charge in [-0.3, -0.25) is 9.59 Å². The zero-order valence-corrected chi connectivity index (χ0v) is 15.9. The minimum absolute atomic E-state index is 0.0911. The topological polar surface area (TPSA) is 74.3 Å². The van der Waals surface area contributed by atoms with Gasteiger partial charge in [0, 0.05) is 13.1 Å². The van der Waals surface area contributed by atoms with Crippen LogP contribution in [-0.2, 0) is 4.79 Å². The highest BCUT2D eigenvalue weighted by Crippen LogP contribution is 2.21. The van der Waals surface area contributed by atoms with E-state index in [2.05, 4.69) is 50.3 Å². The van der Waals surface area contributed by atoms with Crippen molar-refractivity contribution >= 4 is 50.6 Å². The van der Waals surface area contributed by atoms with Gasteiger partial charge in [0.15, 0.2) is 0 Å². The van der Waals surface area contributed by atoms with Gasteiger partial charge >= 0.3 is 0 Å². The minimum Gasteiger partial charge on any atom is -0.357 e. The smallest absolute Gasteiger partial charge is 0.261 e. The molecular formula is C16H19BrN4O2S. The first-order valence-corrected chi connectivity index (χ1v) is 9.18. The Balaban J connectivity index is 1.85. The molecule has 0 bridgehead atoms. The fourth-order valence-electron chi connectivity index (χ4n) is 2.08. The molecule has 0 fully saturated rings. The van der Waals surface area contributed by atoms with Crippen LogP contribution in [-0.4, -0.2) is 36.4 Å². The van der Waals surface area contributed by atoms with Crippen LogP contribution >= 0.6 is 27.3 Å². The molecule has 2 rings (SSSR count). The third kappa shape index (κ3) is 5.04. The summed E-state index contributed by atoms with van der Waals surface area (Å²) in [6, 6.07) is 7.17. The monoisotopic (exact) mass is 410 g/mol. The number of carbonyl (C=O) groups excluding carboxylic acids is 2. The molecule has 2 aromatic heterocycles. The van der Waals surface area contributed by atoms with Gasteiger partial charge in [0.1, 0.15) is 5.82 Å².